The summed E-state index contributed by atoms with van der Waals surface area (Å²) in [6, 6.07) is 11.6. The summed E-state index contributed by atoms with van der Waals surface area (Å²) in [6.45, 7) is 1.40. The van der Waals surface area contributed by atoms with E-state index in [1.807, 2.05) is 30.3 Å². The van der Waals surface area contributed by atoms with Crippen molar-refractivity contribution in [3.05, 3.63) is 59.4 Å². The molecule has 5 heteroatoms. The van der Waals surface area contributed by atoms with E-state index in [0.717, 1.165) is 30.5 Å². The van der Waals surface area contributed by atoms with Gasteiger partial charge in [-0.1, -0.05) is 30.3 Å². The second-order valence-electron chi connectivity index (χ2n) is 6.19. The van der Waals surface area contributed by atoms with Gasteiger partial charge in [0, 0.05) is 24.7 Å². The maximum Gasteiger partial charge on any atom is 0.354 e. The Kier molecular flexibility index (Phi) is 4.50. The predicted molar refractivity (Wildman–Crippen MR) is 86.9 cm³/mol. The van der Waals surface area contributed by atoms with Crippen LogP contribution in [-0.2, 0) is 11.3 Å². The van der Waals surface area contributed by atoms with Crippen LogP contribution in [-0.4, -0.2) is 29.7 Å². The second kappa shape index (κ2) is 6.56. The normalized spacial score (nSPS) is 16.8. The third-order valence-electron chi connectivity index (χ3n) is 4.54. The van der Waals surface area contributed by atoms with E-state index >= 15 is 0 Å². The lowest BCUT2D eigenvalue weighted by molar-refractivity contribution is 0.0595. The van der Waals surface area contributed by atoms with Crippen LogP contribution >= 0.6 is 0 Å². The summed E-state index contributed by atoms with van der Waals surface area (Å²) in [5.41, 5.74) is 2.36. The van der Waals surface area contributed by atoms with Crippen molar-refractivity contribution in [2.45, 2.75) is 25.5 Å². The Morgan fingerprint density at radius 2 is 2.13 bits per heavy atom. The molecule has 0 saturated heterocycles. The number of ether oxygens (including phenoxy) is 1. The first-order valence-electron chi connectivity index (χ1n) is 7.84. The standard InChI is InChI=1S/C18H22N2O3/c1-23-17(22)15-9-13(11-20-15)10-19-12-18(7-8-18)16(21)14-5-3-2-4-6-14/h2-6,9,11,16,19-21H,7-8,10,12H2,1H3. The SMILES string of the molecule is COC(=O)c1cc(CNCC2(C(O)c3ccccc3)CC2)c[nH]1. The number of hydrogen-bond acceptors (Lipinski definition) is 4. The van der Waals surface area contributed by atoms with E-state index in [1.165, 1.54) is 7.11 Å². The summed E-state index contributed by atoms with van der Waals surface area (Å²) in [5, 5.41) is 14.0. The van der Waals surface area contributed by atoms with E-state index in [9.17, 15) is 9.90 Å². The van der Waals surface area contributed by atoms with Crippen LogP contribution in [0.25, 0.3) is 0 Å². The average molecular weight is 314 g/mol. The fraction of sp³-hybridized carbons (Fsp3) is 0.389. The molecule has 23 heavy (non-hydrogen) atoms. The van der Waals surface area contributed by atoms with Crippen molar-refractivity contribution in [1.82, 2.24) is 10.3 Å². The predicted octanol–water partition coefficient (Wildman–Crippen LogP) is 2.40. The topological polar surface area (TPSA) is 74.3 Å². The number of carbonyl (C=O) groups is 1. The number of benzene rings is 1. The van der Waals surface area contributed by atoms with E-state index < -0.39 is 6.10 Å². The summed E-state index contributed by atoms with van der Waals surface area (Å²) >= 11 is 0. The smallest absolute Gasteiger partial charge is 0.354 e. The summed E-state index contributed by atoms with van der Waals surface area (Å²) in [5.74, 6) is -0.366. The van der Waals surface area contributed by atoms with Gasteiger partial charge in [0.2, 0.25) is 0 Å². The minimum atomic E-state index is -0.437. The Labute approximate surface area is 135 Å². The summed E-state index contributed by atoms with van der Waals surface area (Å²) in [4.78, 5) is 14.3. The molecule has 3 N–H and O–H groups in total. The number of aromatic nitrogens is 1. The number of rotatable bonds is 7. The van der Waals surface area contributed by atoms with Crippen LogP contribution in [0.1, 0.15) is 40.6 Å². The van der Waals surface area contributed by atoms with E-state index in [2.05, 4.69) is 15.0 Å². The molecule has 1 heterocycles. The van der Waals surface area contributed by atoms with Gasteiger partial charge in [-0.05, 0) is 30.0 Å². The van der Waals surface area contributed by atoms with Crippen LogP contribution in [0.3, 0.4) is 0 Å². The third-order valence-corrected chi connectivity index (χ3v) is 4.54. The van der Waals surface area contributed by atoms with Gasteiger partial charge >= 0.3 is 5.97 Å². The number of H-pyrrole nitrogens is 1. The van der Waals surface area contributed by atoms with Gasteiger partial charge in [-0.3, -0.25) is 0 Å². The number of aliphatic hydroxyl groups excluding tert-OH is 1. The number of carbonyl (C=O) groups excluding carboxylic acids is 1. The van der Waals surface area contributed by atoms with Crippen LogP contribution in [0.5, 0.6) is 0 Å². The fourth-order valence-corrected chi connectivity index (χ4v) is 2.92. The number of nitrogens with one attached hydrogen (secondary N) is 2. The zero-order valence-corrected chi connectivity index (χ0v) is 13.2. The third kappa shape index (κ3) is 3.46. The number of esters is 1. The Hall–Kier alpha value is -2.11. The van der Waals surface area contributed by atoms with Gasteiger partial charge in [-0.25, -0.2) is 4.79 Å². The van der Waals surface area contributed by atoms with Gasteiger partial charge < -0.3 is 20.1 Å². The zero-order valence-electron chi connectivity index (χ0n) is 13.2. The fourth-order valence-electron chi connectivity index (χ4n) is 2.92. The van der Waals surface area contributed by atoms with Gasteiger partial charge in [0.25, 0.3) is 0 Å². The van der Waals surface area contributed by atoms with Crippen molar-refractivity contribution in [3.63, 3.8) is 0 Å². The maximum absolute atomic E-state index is 11.4. The monoisotopic (exact) mass is 314 g/mol. The van der Waals surface area contributed by atoms with Crippen molar-refractivity contribution < 1.29 is 14.6 Å². The molecule has 1 aliphatic rings. The van der Waals surface area contributed by atoms with Crippen LogP contribution in [0.4, 0.5) is 0 Å². The summed E-state index contributed by atoms with van der Waals surface area (Å²) < 4.78 is 4.68. The molecule has 1 unspecified atom stereocenters. The molecule has 1 saturated carbocycles. The van der Waals surface area contributed by atoms with Gasteiger partial charge in [0.05, 0.1) is 13.2 Å². The first kappa shape index (κ1) is 15.8. The van der Waals surface area contributed by atoms with Crippen molar-refractivity contribution in [2.75, 3.05) is 13.7 Å². The minimum Gasteiger partial charge on any atom is -0.464 e. The van der Waals surface area contributed by atoms with Crippen LogP contribution in [0, 0.1) is 5.41 Å². The molecule has 1 aromatic heterocycles. The molecular weight excluding hydrogens is 292 g/mol. The Balaban J connectivity index is 1.54. The van der Waals surface area contributed by atoms with E-state index in [0.29, 0.717) is 12.2 Å². The lowest BCUT2D eigenvalue weighted by Crippen LogP contribution is -2.28. The van der Waals surface area contributed by atoms with Gasteiger partial charge in [0.15, 0.2) is 0 Å². The van der Waals surface area contributed by atoms with Crippen LogP contribution in [0.2, 0.25) is 0 Å². The molecule has 1 aromatic carbocycles. The molecule has 0 aliphatic heterocycles. The highest BCUT2D eigenvalue weighted by molar-refractivity contribution is 5.87. The van der Waals surface area contributed by atoms with Crippen LogP contribution < -0.4 is 5.32 Å². The van der Waals surface area contributed by atoms with E-state index in [-0.39, 0.29) is 11.4 Å². The molecule has 2 aromatic rings. The number of aliphatic hydroxyl groups is 1. The van der Waals surface area contributed by atoms with Crippen molar-refractivity contribution in [1.29, 1.82) is 0 Å². The highest BCUT2D eigenvalue weighted by Gasteiger charge is 2.48. The highest BCUT2D eigenvalue weighted by Crippen LogP contribution is 2.54. The van der Waals surface area contributed by atoms with Crippen molar-refractivity contribution in [3.8, 4) is 0 Å². The molecule has 0 bridgehead atoms. The molecule has 3 rings (SSSR count). The molecule has 5 nitrogen and oxygen atoms in total. The first-order valence-corrected chi connectivity index (χ1v) is 7.84. The molecule has 0 amide bonds. The Bertz CT molecular complexity index is 662. The quantitative estimate of drug-likeness (QED) is 0.686. The van der Waals surface area contributed by atoms with Crippen molar-refractivity contribution in [2.24, 2.45) is 5.41 Å². The lowest BCUT2D eigenvalue weighted by Gasteiger charge is -2.23. The average Bonchev–Trinajstić information content (AvgIpc) is 3.23. The number of methoxy groups -OCH3 is 1. The molecule has 1 fully saturated rings. The van der Waals surface area contributed by atoms with Crippen molar-refractivity contribution >= 4 is 5.97 Å². The van der Waals surface area contributed by atoms with Gasteiger partial charge in [0.1, 0.15) is 5.69 Å². The molecule has 1 aliphatic carbocycles. The van der Waals surface area contributed by atoms with E-state index in [1.54, 1.807) is 12.3 Å². The molecule has 122 valence electrons. The molecule has 0 spiro atoms. The molecular formula is C18H22N2O3. The lowest BCUT2D eigenvalue weighted by atomic mass is 9.92. The number of hydrogen-bond donors (Lipinski definition) is 3. The van der Waals surface area contributed by atoms with Gasteiger partial charge in [-0.2, -0.15) is 0 Å². The largest absolute Gasteiger partial charge is 0.464 e. The highest BCUT2D eigenvalue weighted by atomic mass is 16.5. The number of aromatic amines is 1. The van der Waals surface area contributed by atoms with E-state index in [4.69, 9.17) is 0 Å². The Morgan fingerprint density at radius 3 is 2.78 bits per heavy atom. The first-order chi connectivity index (χ1) is 11.1. The summed E-state index contributed by atoms with van der Waals surface area (Å²) in [6.07, 6.45) is 3.41. The zero-order chi connectivity index (χ0) is 16.3. The molecule has 0 radical (unpaired) electrons. The second-order valence-corrected chi connectivity index (χ2v) is 6.19. The van der Waals surface area contributed by atoms with Gasteiger partial charge in [-0.15, -0.1) is 0 Å². The maximum atomic E-state index is 11.4. The minimum absolute atomic E-state index is 0.0666. The Morgan fingerprint density at radius 1 is 1.39 bits per heavy atom. The molecule has 1 atom stereocenters. The summed E-state index contributed by atoms with van der Waals surface area (Å²) in [7, 11) is 1.36. The van der Waals surface area contributed by atoms with Crippen LogP contribution in [0.15, 0.2) is 42.6 Å².